The molecule has 0 spiro atoms. The molecule has 0 aliphatic heterocycles. The lowest BCUT2D eigenvalue weighted by molar-refractivity contribution is 0.340. The van der Waals surface area contributed by atoms with Crippen molar-refractivity contribution in [3.05, 3.63) is 35.5 Å². The highest BCUT2D eigenvalue weighted by atomic mass is 19.1. The van der Waals surface area contributed by atoms with Crippen molar-refractivity contribution < 1.29 is 8.91 Å². The molecule has 1 N–H and O–H groups in total. The maximum absolute atomic E-state index is 13.1. The molecule has 0 radical (unpaired) electrons. The van der Waals surface area contributed by atoms with E-state index in [0.29, 0.717) is 11.7 Å². The van der Waals surface area contributed by atoms with Crippen molar-refractivity contribution in [1.82, 2.24) is 15.5 Å². The molecule has 19 heavy (non-hydrogen) atoms. The Morgan fingerprint density at radius 1 is 1.42 bits per heavy atom. The van der Waals surface area contributed by atoms with Crippen LogP contribution in [0.1, 0.15) is 37.8 Å². The fourth-order valence-electron chi connectivity index (χ4n) is 1.85. The van der Waals surface area contributed by atoms with Crippen LogP contribution in [-0.4, -0.2) is 16.7 Å². The maximum Gasteiger partial charge on any atom is 0.243 e. The highest BCUT2D eigenvalue weighted by Crippen LogP contribution is 2.22. The molecule has 0 aliphatic rings. The monoisotopic (exact) mass is 263 g/mol. The standard InChI is InChI=1S/C14H18FN3O/c1-4-7-16-10(3)14-17-13(18-19-14)12-6-5-11(15)8-9(12)2/h5-6,8,10,16H,4,7H2,1-3H3. The summed E-state index contributed by atoms with van der Waals surface area (Å²) in [6, 6.07) is 4.55. The average molecular weight is 263 g/mol. The van der Waals surface area contributed by atoms with Crippen LogP contribution in [-0.2, 0) is 0 Å². The number of rotatable bonds is 5. The van der Waals surface area contributed by atoms with E-state index in [0.717, 1.165) is 24.1 Å². The number of halogens is 1. The first kappa shape index (κ1) is 13.7. The van der Waals surface area contributed by atoms with E-state index >= 15 is 0 Å². The Hall–Kier alpha value is -1.75. The molecule has 0 amide bonds. The predicted octanol–water partition coefficient (Wildman–Crippen LogP) is 3.24. The smallest absolute Gasteiger partial charge is 0.243 e. The Bertz CT molecular complexity index is 553. The summed E-state index contributed by atoms with van der Waals surface area (Å²) in [7, 11) is 0. The first-order valence-corrected chi connectivity index (χ1v) is 6.45. The number of benzene rings is 1. The SMILES string of the molecule is CCCNC(C)c1nc(-c2ccc(F)cc2C)no1. The number of hydrogen-bond donors (Lipinski definition) is 1. The van der Waals surface area contributed by atoms with Crippen LogP contribution in [0.25, 0.3) is 11.4 Å². The van der Waals surface area contributed by atoms with Gasteiger partial charge in [0.15, 0.2) is 0 Å². The Labute approximate surface area is 112 Å². The van der Waals surface area contributed by atoms with Gasteiger partial charge in [-0.05, 0) is 50.6 Å². The van der Waals surface area contributed by atoms with Gasteiger partial charge in [-0.1, -0.05) is 12.1 Å². The van der Waals surface area contributed by atoms with Crippen molar-refractivity contribution in [2.24, 2.45) is 0 Å². The lowest BCUT2D eigenvalue weighted by Gasteiger charge is -2.07. The lowest BCUT2D eigenvalue weighted by atomic mass is 10.1. The van der Waals surface area contributed by atoms with Gasteiger partial charge in [0.2, 0.25) is 11.7 Å². The van der Waals surface area contributed by atoms with E-state index in [-0.39, 0.29) is 11.9 Å². The zero-order chi connectivity index (χ0) is 13.8. The van der Waals surface area contributed by atoms with Gasteiger partial charge >= 0.3 is 0 Å². The summed E-state index contributed by atoms with van der Waals surface area (Å²) in [4.78, 5) is 4.36. The summed E-state index contributed by atoms with van der Waals surface area (Å²) in [6.45, 7) is 6.80. The fraction of sp³-hybridized carbons (Fsp3) is 0.429. The first-order valence-electron chi connectivity index (χ1n) is 6.45. The van der Waals surface area contributed by atoms with Gasteiger partial charge in [0.25, 0.3) is 0 Å². The van der Waals surface area contributed by atoms with Crippen LogP contribution >= 0.6 is 0 Å². The van der Waals surface area contributed by atoms with E-state index < -0.39 is 0 Å². The number of aryl methyl sites for hydroxylation is 1. The van der Waals surface area contributed by atoms with Gasteiger partial charge in [0.1, 0.15) is 5.82 Å². The first-order chi connectivity index (χ1) is 9.11. The van der Waals surface area contributed by atoms with Crippen molar-refractivity contribution in [2.45, 2.75) is 33.2 Å². The number of nitrogens with one attached hydrogen (secondary N) is 1. The Morgan fingerprint density at radius 3 is 2.89 bits per heavy atom. The van der Waals surface area contributed by atoms with Gasteiger partial charge in [-0.2, -0.15) is 4.98 Å². The molecule has 2 aromatic rings. The van der Waals surface area contributed by atoms with Crippen molar-refractivity contribution in [3.8, 4) is 11.4 Å². The van der Waals surface area contributed by atoms with Crippen molar-refractivity contribution >= 4 is 0 Å². The minimum absolute atomic E-state index is 0.0157. The molecule has 0 saturated heterocycles. The van der Waals surface area contributed by atoms with Crippen molar-refractivity contribution in [2.75, 3.05) is 6.54 Å². The molecular weight excluding hydrogens is 245 g/mol. The number of aromatic nitrogens is 2. The summed E-state index contributed by atoms with van der Waals surface area (Å²) < 4.78 is 18.3. The molecule has 0 bridgehead atoms. The van der Waals surface area contributed by atoms with Crippen LogP contribution in [0.2, 0.25) is 0 Å². The Kier molecular flexibility index (Phi) is 4.27. The summed E-state index contributed by atoms with van der Waals surface area (Å²) in [5, 5.41) is 7.24. The quantitative estimate of drug-likeness (QED) is 0.899. The predicted molar refractivity (Wildman–Crippen MR) is 71.1 cm³/mol. The van der Waals surface area contributed by atoms with E-state index in [9.17, 15) is 4.39 Å². The molecule has 0 aliphatic carbocycles. The minimum Gasteiger partial charge on any atom is -0.337 e. The molecule has 1 heterocycles. The Balaban J connectivity index is 2.20. The molecule has 0 fully saturated rings. The molecule has 0 saturated carbocycles. The molecule has 1 unspecified atom stereocenters. The van der Waals surface area contributed by atoms with Crippen LogP contribution < -0.4 is 5.32 Å². The summed E-state index contributed by atoms with van der Waals surface area (Å²) in [5.74, 6) is 0.785. The molecule has 4 nitrogen and oxygen atoms in total. The largest absolute Gasteiger partial charge is 0.337 e. The second-order valence-corrected chi connectivity index (χ2v) is 4.59. The van der Waals surface area contributed by atoms with E-state index in [1.807, 2.05) is 13.8 Å². The zero-order valence-corrected chi connectivity index (χ0v) is 11.4. The maximum atomic E-state index is 13.1. The van der Waals surface area contributed by atoms with Gasteiger partial charge in [0, 0.05) is 5.56 Å². The van der Waals surface area contributed by atoms with Crippen molar-refractivity contribution in [3.63, 3.8) is 0 Å². The summed E-state index contributed by atoms with van der Waals surface area (Å²) in [6.07, 6.45) is 1.04. The second-order valence-electron chi connectivity index (χ2n) is 4.59. The van der Waals surface area contributed by atoms with Gasteiger partial charge < -0.3 is 9.84 Å². The molecular formula is C14H18FN3O. The summed E-state index contributed by atoms with van der Waals surface area (Å²) in [5.41, 5.74) is 1.58. The van der Waals surface area contributed by atoms with Crippen molar-refractivity contribution in [1.29, 1.82) is 0 Å². The van der Waals surface area contributed by atoms with Crippen LogP contribution in [0.5, 0.6) is 0 Å². The van der Waals surface area contributed by atoms with Crippen LogP contribution in [0.4, 0.5) is 4.39 Å². The minimum atomic E-state index is -0.261. The third-order valence-electron chi connectivity index (χ3n) is 2.94. The highest BCUT2D eigenvalue weighted by molar-refractivity contribution is 5.59. The molecule has 1 aromatic heterocycles. The molecule has 1 aromatic carbocycles. The fourth-order valence-corrected chi connectivity index (χ4v) is 1.85. The zero-order valence-electron chi connectivity index (χ0n) is 11.4. The highest BCUT2D eigenvalue weighted by Gasteiger charge is 2.15. The number of hydrogen-bond acceptors (Lipinski definition) is 4. The normalized spacial score (nSPS) is 12.6. The lowest BCUT2D eigenvalue weighted by Crippen LogP contribution is -2.19. The van der Waals surface area contributed by atoms with E-state index in [4.69, 9.17) is 4.52 Å². The Morgan fingerprint density at radius 2 is 2.21 bits per heavy atom. The van der Waals surface area contributed by atoms with Crippen LogP contribution in [0, 0.1) is 12.7 Å². The van der Waals surface area contributed by atoms with E-state index in [1.54, 1.807) is 6.07 Å². The van der Waals surface area contributed by atoms with Gasteiger partial charge in [-0.3, -0.25) is 0 Å². The van der Waals surface area contributed by atoms with Crippen LogP contribution in [0.15, 0.2) is 22.7 Å². The number of nitrogens with zero attached hydrogens (tertiary/aromatic N) is 2. The van der Waals surface area contributed by atoms with E-state index in [2.05, 4.69) is 22.4 Å². The average Bonchev–Trinajstić information content (AvgIpc) is 2.85. The molecule has 2 rings (SSSR count). The van der Waals surface area contributed by atoms with Gasteiger partial charge in [-0.25, -0.2) is 4.39 Å². The molecule has 102 valence electrons. The second kappa shape index (κ2) is 5.93. The topological polar surface area (TPSA) is 51.0 Å². The third-order valence-corrected chi connectivity index (χ3v) is 2.94. The third kappa shape index (κ3) is 3.17. The van der Waals surface area contributed by atoms with Crippen LogP contribution in [0.3, 0.4) is 0 Å². The van der Waals surface area contributed by atoms with E-state index in [1.165, 1.54) is 12.1 Å². The van der Waals surface area contributed by atoms with Gasteiger partial charge in [-0.15, -0.1) is 0 Å². The molecule has 1 atom stereocenters. The summed E-state index contributed by atoms with van der Waals surface area (Å²) >= 11 is 0. The van der Waals surface area contributed by atoms with Gasteiger partial charge in [0.05, 0.1) is 6.04 Å². The molecule has 5 heteroatoms.